The molecule has 46 heavy (non-hydrogen) atoms. The second-order valence-corrected chi connectivity index (χ2v) is 13.0. The number of hydrogen-bond acceptors (Lipinski definition) is 5. The van der Waals surface area contributed by atoms with Gasteiger partial charge in [-0.1, -0.05) is 13.8 Å². The van der Waals surface area contributed by atoms with Gasteiger partial charge in [-0.3, -0.25) is 14.4 Å². The summed E-state index contributed by atoms with van der Waals surface area (Å²) in [7, 11) is 3.79. The molecule has 0 fully saturated rings. The van der Waals surface area contributed by atoms with E-state index in [0.29, 0.717) is 40.8 Å². The smallest absolute Gasteiger partial charge is 0.306 e. The number of hydrogen-bond donors (Lipinski definition) is 0. The fourth-order valence-corrected chi connectivity index (χ4v) is 6.11. The largest absolute Gasteiger partial charge is 0.466 e. The van der Waals surface area contributed by atoms with Gasteiger partial charge in [0.1, 0.15) is 11.6 Å². The highest BCUT2D eigenvalue weighted by Crippen LogP contribution is 2.37. The molecule has 6 nitrogen and oxygen atoms in total. The molecule has 3 rings (SSSR count). The summed E-state index contributed by atoms with van der Waals surface area (Å²) in [5.74, 6) is -3.82. The molecule has 0 unspecified atom stereocenters. The van der Waals surface area contributed by atoms with Gasteiger partial charge < -0.3 is 14.2 Å². The Bertz CT molecular complexity index is 1620. The molecule has 0 aliphatic rings. The molecule has 0 aliphatic heterocycles. The first-order valence-electron chi connectivity index (χ1n) is 15.9. The summed E-state index contributed by atoms with van der Waals surface area (Å²) in [5, 5.41) is 0. The van der Waals surface area contributed by atoms with Crippen LogP contribution in [0.2, 0.25) is 0 Å². The molecule has 1 heterocycles. The van der Waals surface area contributed by atoms with Crippen molar-refractivity contribution < 1.29 is 27.5 Å². The molecule has 0 N–H and O–H groups in total. The Morgan fingerprint density at radius 2 is 1.54 bits per heavy atom. The Morgan fingerprint density at radius 3 is 2.11 bits per heavy atom. The van der Waals surface area contributed by atoms with E-state index in [-0.39, 0.29) is 48.7 Å². The van der Waals surface area contributed by atoms with Crippen LogP contribution in [0.15, 0.2) is 35.3 Å². The Kier molecular flexibility index (Phi) is 12.6. The van der Waals surface area contributed by atoms with E-state index in [0.717, 1.165) is 5.56 Å². The number of likely N-dealkylation sites (N-methyl/N-ethyl adjacent to an activating group) is 1. The molecule has 9 heteroatoms. The molecule has 0 spiro atoms. The van der Waals surface area contributed by atoms with Crippen molar-refractivity contribution in [1.29, 1.82) is 0 Å². The first kappa shape index (κ1) is 36.7. The van der Waals surface area contributed by atoms with Gasteiger partial charge >= 0.3 is 5.97 Å². The van der Waals surface area contributed by atoms with Crippen molar-refractivity contribution in [3.05, 3.63) is 91.6 Å². The third kappa shape index (κ3) is 8.75. The highest BCUT2D eigenvalue weighted by molar-refractivity contribution is 5.84. The molecule has 0 saturated carbocycles. The van der Waals surface area contributed by atoms with Crippen molar-refractivity contribution >= 4 is 11.8 Å². The maximum atomic E-state index is 16.0. The van der Waals surface area contributed by atoms with E-state index in [1.807, 2.05) is 32.8 Å². The van der Waals surface area contributed by atoms with Crippen LogP contribution < -0.4 is 5.56 Å². The highest BCUT2D eigenvalue weighted by Gasteiger charge is 2.31. The summed E-state index contributed by atoms with van der Waals surface area (Å²) in [6.45, 7) is 12.9. The number of ether oxygens (including phenoxy) is 1. The molecule has 2 atom stereocenters. The molecule has 3 aromatic rings. The van der Waals surface area contributed by atoms with Crippen molar-refractivity contribution in [2.75, 3.05) is 27.2 Å². The fraction of sp³-hybridized carbons (Fsp3) is 0.486. The monoisotopic (exact) mass is 640 g/mol. The van der Waals surface area contributed by atoms with Gasteiger partial charge in [0.25, 0.3) is 5.56 Å². The third-order valence-electron chi connectivity index (χ3n) is 8.43. The Balaban J connectivity index is 2.16. The van der Waals surface area contributed by atoms with Crippen LogP contribution in [0.3, 0.4) is 0 Å². The van der Waals surface area contributed by atoms with Crippen LogP contribution >= 0.6 is 0 Å². The van der Waals surface area contributed by atoms with E-state index in [1.54, 1.807) is 52.9 Å². The van der Waals surface area contributed by atoms with Crippen LogP contribution in [0.5, 0.6) is 0 Å². The fourth-order valence-electron chi connectivity index (χ4n) is 6.11. The summed E-state index contributed by atoms with van der Waals surface area (Å²) >= 11 is 0. The first-order valence-corrected chi connectivity index (χ1v) is 15.9. The first-order chi connectivity index (χ1) is 21.5. The summed E-state index contributed by atoms with van der Waals surface area (Å²) in [5.41, 5.74) is 3.12. The van der Waals surface area contributed by atoms with Crippen LogP contribution in [-0.4, -0.2) is 48.5 Å². The Hall–Kier alpha value is -3.72. The van der Waals surface area contributed by atoms with Crippen molar-refractivity contribution in [3.8, 4) is 11.1 Å². The Morgan fingerprint density at radius 1 is 0.913 bits per heavy atom. The van der Waals surface area contributed by atoms with Gasteiger partial charge in [-0.2, -0.15) is 0 Å². The summed E-state index contributed by atoms with van der Waals surface area (Å²) in [4.78, 5) is 42.3. The normalized spacial score (nSPS) is 12.9. The van der Waals surface area contributed by atoms with Crippen LogP contribution in [0.4, 0.5) is 13.2 Å². The van der Waals surface area contributed by atoms with E-state index >= 15 is 8.78 Å². The standard InChI is InChI=1S/C37H47F3N2O4/c1-10-46-33(44)19-27(30-17-28(14-24(6)35(30)39)34-22(4)15-29(38)16-23(34)5)18-32(43)31(13-21(2)3)42-20-26(11-12-41(8)9)25(7)36(40)37(42)45/h14-17,20-21,27,31H,10-13,18-19H2,1-9H3/t27-,31-/m0/s1. The van der Waals surface area contributed by atoms with Crippen LogP contribution in [0.1, 0.15) is 85.4 Å². The van der Waals surface area contributed by atoms with Crippen molar-refractivity contribution in [3.63, 3.8) is 0 Å². The van der Waals surface area contributed by atoms with Gasteiger partial charge in [0.2, 0.25) is 0 Å². The Labute approximate surface area is 270 Å². The number of esters is 1. The van der Waals surface area contributed by atoms with Gasteiger partial charge in [0, 0.05) is 25.1 Å². The number of carbonyl (C=O) groups is 2. The SMILES string of the molecule is CCOC(=O)C[C@H](CC(=O)[C@H](CC(C)C)n1cc(CCN(C)C)c(C)c(F)c1=O)c1cc(-c2c(C)cc(F)cc2C)cc(C)c1F. The molecule has 0 saturated heterocycles. The molecule has 0 bridgehead atoms. The number of aromatic nitrogens is 1. The number of aryl methyl sites for hydroxylation is 3. The minimum absolute atomic E-state index is 0.0364. The van der Waals surface area contributed by atoms with Crippen molar-refractivity contribution in [2.45, 2.75) is 86.1 Å². The number of rotatable bonds is 14. The van der Waals surface area contributed by atoms with E-state index in [2.05, 4.69) is 0 Å². The number of nitrogens with zero attached hydrogens (tertiary/aromatic N) is 2. The number of pyridine rings is 1. The minimum Gasteiger partial charge on any atom is -0.466 e. The van der Waals surface area contributed by atoms with Crippen molar-refractivity contribution in [2.24, 2.45) is 5.92 Å². The van der Waals surface area contributed by atoms with E-state index in [1.165, 1.54) is 16.7 Å². The second-order valence-electron chi connectivity index (χ2n) is 13.0. The highest BCUT2D eigenvalue weighted by atomic mass is 19.1. The minimum atomic E-state index is -1.03. The van der Waals surface area contributed by atoms with Gasteiger partial charge in [-0.15, -0.1) is 0 Å². The predicted octanol–water partition coefficient (Wildman–Crippen LogP) is 7.55. The number of halogens is 3. The lowest BCUT2D eigenvalue weighted by Gasteiger charge is -2.26. The zero-order valence-corrected chi connectivity index (χ0v) is 28.5. The molecular weight excluding hydrogens is 593 g/mol. The summed E-state index contributed by atoms with van der Waals surface area (Å²) < 4.78 is 51.8. The van der Waals surface area contributed by atoms with E-state index in [4.69, 9.17) is 4.74 Å². The van der Waals surface area contributed by atoms with Crippen LogP contribution in [0.25, 0.3) is 11.1 Å². The number of carbonyl (C=O) groups excluding carboxylic acids is 2. The van der Waals surface area contributed by atoms with Gasteiger partial charge in [0.15, 0.2) is 11.6 Å². The third-order valence-corrected chi connectivity index (χ3v) is 8.43. The molecule has 0 radical (unpaired) electrons. The molecule has 1 aromatic heterocycles. The average molecular weight is 641 g/mol. The maximum Gasteiger partial charge on any atom is 0.306 e. The quantitative estimate of drug-likeness (QED) is 0.170. The molecular formula is C37H47F3N2O4. The van der Waals surface area contributed by atoms with Crippen LogP contribution in [0, 0.1) is 51.1 Å². The zero-order valence-electron chi connectivity index (χ0n) is 28.5. The average Bonchev–Trinajstić information content (AvgIpc) is 2.95. The topological polar surface area (TPSA) is 68.6 Å². The lowest BCUT2D eigenvalue weighted by molar-refractivity contribution is -0.143. The zero-order chi connectivity index (χ0) is 34.5. The number of ketones is 1. The van der Waals surface area contributed by atoms with Crippen LogP contribution in [-0.2, 0) is 20.7 Å². The lowest BCUT2D eigenvalue weighted by atomic mass is 9.83. The summed E-state index contributed by atoms with van der Waals surface area (Å²) in [6.07, 6.45) is 1.73. The van der Waals surface area contributed by atoms with E-state index < -0.39 is 40.9 Å². The number of benzene rings is 2. The van der Waals surface area contributed by atoms with E-state index in [9.17, 15) is 18.8 Å². The maximum absolute atomic E-state index is 16.0. The lowest BCUT2D eigenvalue weighted by Crippen LogP contribution is -2.34. The molecule has 0 aliphatic carbocycles. The number of Topliss-reactive ketones (excluding diaryl/α,β-unsaturated/α-hetero) is 1. The predicted molar refractivity (Wildman–Crippen MR) is 176 cm³/mol. The van der Waals surface area contributed by atoms with Crippen molar-refractivity contribution in [1.82, 2.24) is 9.47 Å². The molecule has 0 amide bonds. The molecule has 2 aromatic carbocycles. The van der Waals surface area contributed by atoms with Gasteiger partial charge in [-0.25, -0.2) is 13.2 Å². The summed E-state index contributed by atoms with van der Waals surface area (Å²) in [6, 6.07) is 5.06. The molecule has 250 valence electrons. The van der Waals surface area contributed by atoms with Gasteiger partial charge in [0.05, 0.1) is 19.1 Å². The second kappa shape index (κ2) is 15.7. The van der Waals surface area contributed by atoms with Gasteiger partial charge in [-0.05, 0) is 136 Å².